The fraction of sp³-hybridized carbons (Fsp3) is 0.562. The lowest BCUT2D eigenvalue weighted by atomic mass is 10.00. The van der Waals surface area contributed by atoms with Gasteiger partial charge >= 0.3 is 0 Å². The van der Waals surface area contributed by atoms with E-state index in [1.807, 2.05) is 0 Å². The van der Waals surface area contributed by atoms with Crippen LogP contribution in [0.3, 0.4) is 0 Å². The number of carbonyl (C=O) groups excluding carboxylic acids is 1. The van der Waals surface area contributed by atoms with Crippen LogP contribution in [0.25, 0.3) is 0 Å². The van der Waals surface area contributed by atoms with Gasteiger partial charge in [0.25, 0.3) is 0 Å². The molecule has 0 spiro atoms. The van der Waals surface area contributed by atoms with E-state index in [-0.39, 0.29) is 18.3 Å². The normalized spacial score (nSPS) is 21.9. The molecule has 1 aliphatic heterocycles. The molecule has 1 saturated heterocycles. The zero-order valence-corrected chi connectivity index (χ0v) is 13.1. The van der Waals surface area contributed by atoms with E-state index in [4.69, 9.17) is 0 Å². The second kappa shape index (κ2) is 8.28. The van der Waals surface area contributed by atoms with Gasteiger partial charge in [-0.25, -0.2) is 0 Å². The first-order valence-electron chi connectivity index (χ1n) is 7.28. The van der Waals surface area contributed by atoms with Crippen LogP contribution in [0.1, 0.15) is 37.8 Å². The number of aryl methyl sites for hydroxylation is 1. The predicted octanol–water partition coefficient (Wildman–Crippen LogP) is 2.47. The molecular weight excluding hydrogens is 272 g/mol. The van der Waals surface area contributed by atoms with Crippen LogP contribution >= 0.6 is 12.4 Å². The zero-order valence-electron chi connectivity index (χ0n) is 12.3. The summed E-state index contributed by atoms with van der Waals surface area (Å²) in [5.41, 5.74) is 2.41. The van der Waals surface area contributed by atoms with E-state index in [1.165, 1.54) is 5.56 Å². The molecule has 1 amide bonds. The number of piperidine rings is 1. The number of benzene rings is 1. The SMILES string of the molecule is CCc1ccc(CC(=O)NC2CCNC(C)C2)cc1.Cl. The summed E-state index contributed by atoms with van der Waals surface area (Å²) < 4.78 is 0. The Morgan fingerprint density at radius 2 is 1.95 bits per heavy atom. The Morgan fingerprint density at radius 1 is 1.30 bits per heavy atom. The lowest BCUT2D eigenvalue weighted by molar-refractivity contribution is -0.121. The summed E-state index contributed by atoms with van der Waals surface area (Å²) in [7, 11) is 0. The van der Waals surface area contributed by atoms with Gasteiger partial charge in [0, 0.05) is 12.1 Å². The minimum atomic E-state index is 0. The molecule has 2 unspecified atom stereocenters. The molecule has 1 aromatic carbocycles. The Labute approximate surface area is 127 Å². The topological polar surface area (TPSA) is 41.1 Å². The van der Waals surface area contributed by atoms with Gasteiger partial charge in [0.1, 0.15) is 0 Å². The molecule has 112 valence electrons. The molecule has 0 saturated carbocycles. The zero-order chi connectivity index (χ0) is 13.7. The van der Waals surface area contributed by atoms with Gasteiger partial charge in [-0.05, 0) is 43.9 Å². The summed E-state index contributed by atoms with van der Waals surface area (Å²) in [5.74, 6) is 0.142. The van der Waals surface area contributed by atoms with Gasteiger partial charge in [-0.15, -0.1) is 12.4 Å². The quantitative estimate of drug-likeness (QED) is 0.896. The first kappa shape index (κ1) is 17.0. The van der Waals surface area contributed by atoms with Crippen LogP contribution in [0.4, 0.5) is 0 Å². The van der Waals surface area contributed by atoms with E-state index in [9.17, 15) is 4.79 Å². The summed E-state index contributed by atoms with van der Waals surface area (Å²) in [5, 5.41) is 6.54. The largest absolute Gasteiger partial charge is 0.353 e. The van der Waals surface area contributed by atoms with Crippen LogP contribution in [0.15, 0.2) is 24.3 Å². The highest BCUT2D eigenvalue weighted by Gasteiger charge is 2.19. The lowest BCUT2D eigenvalue weighted by Gasteiger charge is -2.28. The minimum absolute atomic E-state index is 0. The summed E-state index contributed by atoms with van der Waals surface area (Å²) in [6.07, 6.45) is 3.59. The Morgan fingerprint density at radius 3 is 2.55 bits per heavy atom. The molecule has 2 atom stereocenters. The number of halogens is 1. The van der Waals surface area contributed by atoms with Crippen molar-refractivity contribution in [3.8, 4) is 0 Å². The van der Waals surface area contributed by atoms with Crippen LogP contribution in [0.5, 0.6) is 0 Å². The van der Waals surface area contributed by atoms with E-state index in [0.29, 0.717) is 18.5 Å². The fourth-order valence-corrected chi connectivity index (χ4v) is 2.62. The molecule has 1 aromatic rings. The molecule has 4 heteroatoms. The smallest absolute Gasteiger partial charge is 0.224 e. The third-order valence-electron chi connectivity index (χ3n) is 3.78. The molecule has 0 aliphatic carbocycles. The molecule has 1 fully saturated rings. The number of amides is 1. The molecule has 0 radical (unpaired) electrons. The van der Waals surface area contributed by atoms with Crippen LogP contribution in [0.2, 0.25) is 0 Å². The third-order valence-corrected chi connectivity index (χ3v) is 3.78. The van der Waals surface area contributed by atoms with Crippen molar-refractivity contribution in [1.29, 1.82) is 0 Å². The van der Waals surface area contributed by atoms with Crippen LogP contribution in [-0.2, 0) is 17.6 Å². The average molecular weight is 297 g/mol. The Balaban J connectivity index is 0.00000200. The highest BCUT2D eigenvalue weighted by Crippen LogP contribution is 2.09. The van der Waals surface area contributed by atoms with E-state index < -0.39 is 0 Å². The van der Waals surface area contributed by atoms with Gasteiger partial charge in [-0.1, -0.05) is 31.2 Å². The van der Waals surface area contributed by atoms with Gasteiger partial charge in [0.2, 0.25) is 5.91 Å². The van der Waals surface area contributed by atoms with Gasteiger partial charge < -0.3 is 10.6 Å². The second-order valence-corrected chi connectivity index (χ2v) is 5.49. The molecule has 0 bridgehead atoms. The van der Waals surface area contributed by atoms with Crippen LogP contribution < -0.4 is 10.6 Å². The van der Waals surface area contributed by atoms with Crippen LogP contribution in [0, 0.1) is 0 Å². The number of hydrogen-bond donors (Lipinski definition) is 2. The van der Waals surface area contributed by atoms with E-state index in [1.54, 1.807) is 0 Å². The first-order valence-corrected chi connectivity index (χ1v) is 7.28. The number of carbonyl (C=O) groups is 1. The maximum atomic E-state index is 12.0. The van der Waals surface area contributed by atoms with Gasteiger partial charge in [-0.3, -0.25) is 4.79 Å². The van der Waals surface area contributed by atoms with Crippen molar-refractivity contribution >= 4 is 18.3 Å². The van der Waals surface area contributed by atoms with Crippen molar-refractivity contribution in [2.45, 2.75) is 51.6 Å². The maximum absolute atomic E-state index is 12.0. The minimum Gasteiger partial charge on any atom is -0.353 e. The molecule has 1 aliphatic rings. The summed E-state index contributed by atoms with van der Waals surface area (Å²) in [4.78, 5) is 12.0. The highest BCUT2D eigenvalue weighted by atomic mass is 35.5. The second-order valence-electron chi connectivity index (χ2n) is 5.49. The van der Waals surface area contributed by atoms with Gasteiger partial charge in [-0.2, -0.15) is 0 Å². The molecule has 2 N–H and O–H groups in total. The Kier molecular flexibility index (Phi) is 7.03. The monoisotopic (exact) mass is 296 g/mol. The molecular formula is C16H25ClN2O. The van der Waals surface area contributed by atoms with Crippen molar-refractivity contribution in [3.05, 3.63) is 35.4 Å². The van der Waals surface area contributed by atoms with E-state index >= 15 is 0 Å². The predicted molar refractivity (Wildman–Crippen MR) is 85.4 cm³/mol. The summed E-state index contributed by atoms with van der Waals surface area (Å²) in [6, 6.07) is 9.17. The van der Waals surface area contributed by atoms with Crippen molar-refractivity contribution in [3.63, 3.8) is 0 Å². The Hall–Kier alpha value is -1.06. The van der Waals surface area contributed by atoms with Gasteiger partial charge in [0.05, 0.1) is 6.42 Å². The standard InChI is InChI=1S/C16H24N2O.ClH/c1-3-13-4-6-14(7-5-13)11-16(19)18-15-8-9-17-12(2)10-15;/h4-7,12,15,17H,3,8-11H2,1-2H3,(H,18,19);1H. The van der Waals surface area contributed by atoms with E-state index in [2.05, 4.69) is 48.7 Å². The Bertz CT molecular complexity index is 419. The number of rotatable bonds is 4. The highest BCUT2D eigenvalue weighted by molar-refractivity contribution is 5.85. The average Bonchev–Trinajstić information content (AvgIpc) is 2.39. The molecule has 3 nitrogen and oxygen atoms in total. The third kappa shape index (κ3) is 5.14. The van der Waals surface area contributed by atoms with Crippen LogP contribution in [-0.4, -0.2) is 24.5 Å². The number of nitrogens with one attached hydrogen (secondary N) is 2. The van der Waals surface area contributed by atoms with E-state index in [0.717, 1.165) is 31.4 Å². The fourth-order valence-electron chi connectivity index (χ4n) is 2.62. The molecule has 20 heavy (non-hydrogen) atoms. The van der Waals surface area contributed by atoms with Crippen molar-refractivity contribution in [2.75, 3.05) is 6.54 Å². The summed E-state index contributed by atoms with van der Waals surface area (Å²) in [6.45, 7) is 5.30. The summed E-state index contributed by atoms with van der Waals surface area (Å²) >= 11 is 0. The molecule has 1 heterocycles. The molecule has 0 aromatic heterocycles. The van der Waals surface area contributed by atoms with Crippen molar-refractivity contribution in [2.24, 2.45) is 0 Å². The maximum Gasteiger partial charge on any atom is 0.224 e. The molecule has 2 rings (SSSR count). The first-order chi connectivity index (χ1) is 9.17. The van der Waals surface area contributed by atoms with Crippen molar-refractivity contribution in [1.82, 2.24) is 10.6 Å². The lowest BCUT2D eigenvalue weighted by Crippen LogP contribution is -2.46. The van der Waals surface area contributed by atoms with Crippen molar-refractivity contribution < 1.29 is 4.79 Å². The number of hydrogen-bond acceptors (Lipinski definition) is 2. The van der Waals surface area contributed by atoms with Gasteiger partial charge in [0.15, 0.2) is 0 Å².